The third kappa shape index (κ3) is 6.50. The van der Waals surface area contributed by atoms with E-state index in [0.29, 0.717) is 18.5 Å². The molecule has 0 saturated carbocycles. The van der Waals surface area contributed by atoms with Crippen LogP contribution >= 0.6 is 11.3 Å². The standard InChI is InChI=1S/C29H36N4O4S2/c1-6-9-15-37-29(34)32-39(35,36)28-24(17-23(38-28)10-7-2)22-13-11-21(12-14-22)18-33-25(8-3)31-26-19(4)16-20(5)30-27(26)33/h11-14,16-17H,6-10,15,18H2,1-5H3,(H,32,34). The maximum absolute atomic E-state index is 13.2. The van der Waals surface area contributed by atoms with E-state index >= 15 is 0 Å². The molecule has 0 radical (unpaired) electrons. The molecule has 1 aromatic carbocycles. The Bertz CT molecular complexity index is 1570. The number of hydrogen-bond donors (Lipinski definition) is 1. The van der Waals surface area contributed by atoms with Crippen LogP contribution in [0.2, 0.25) is 0 Å². The van der Waals surface area contributed by atoms with Crippen LogP contribution in [0.15, 0.2) is 40.6 Å². The van der Waals surface area contributed by atoms with Crippen molar-refractivity contribution in [3.05, 3.63) is 63.9 Å². The van der Waals surface area contributed by atoms with Gasteiger partial charge in [0, 0.05) is 22.6 Å². The Morgan fingerprint density at radius 3 is 2.46 bits per heavy atom. The van der Waals surface area contributed by atoms with Crippen molar-refractivity contribution < 1.29 is 17.9 Å². The van der Waals surface area contributed by atoms with Gasteiger partial charge in [0.25, 0.3) is 10.0 Å². The summed E-state index contributed by atoms with van der Waals surface area (Å²) in [5, 5.41) is 0. The Morgan fingerprint density at radius 1 is 1.05 bits per heavy atom. The number of imidazole rings is 1. The van der Waals surface area contributed by atoms with Gasteiger partial charge in [-0.25, -0.2) is 27.9 Å². The highest BCUT2D eigenvalue weighted by atomic mass is 32.2. The van der Waals surface area contributed by atoms with Crippen molar-refractivity contribution >= 4 is 38.6 Å². The molecule has 0 aliphatic carbocycles. The highest BCUT2D eigenvalue weighted by molar-refractivity contribution is 7.92. The second-order valence-corrected chi connectivity index (χ2v) is 12.7. The number of nitrogens with zero attached hydrogens (tertiary/aromatic N) is 3. The number of carbonyl (C=O) groups is 1. The molecule has 0 aliphatic rings. The first-order chi connectivity index (χ1) is 18.7. The van der Waals surface area contributed by atoms with Gasteiger partial charge in [-0.05, 0) is 55.5 Å². The van der Waals surface area contributed by atoms with Crippen molar-refractivity contribution in [3.8, 4) is 11.1 Å². The zero-order chi connectivity index (χ0) is 28.2. The first-order valence-electron chi connectivity index (χ1n) is 13.4. The molecule has 1 N–H and O–H groups in total. The van der Waals surface area contributed by atoms with Gasteiger partial charge in [0.05, 0.1) is 13.2 Å². The molecule has 0 fully saturated rings. The number of aryl methyl sites for hydroxylation is 4. The van der Waals surface area contributed by atoms with Crippen LogP contribution in [-0.2, 0) is 34.1 Å². The summed E-state index contributed by atoms with van der Waals surface area (Å²) in [7, 11) is -4.09. The van der Waals surface area contributed by atoms with E-state index < -0.39 is 16.1 Å². The second-order valence-electron chi connectivity index (χ2n) is 9.68. The number of carbonyl (C=O) groups excluding carboxylic acids is 1. The van der Waals surface area contributed by atoms with Gasteiger partial charge in [0.15, 0.2) is 5.65 Å². The molecule has 0 unspecified atom stereocenters. The van der Waals surface area contributed by atoms with Gasteiger partial charge in [-0.2, -0.15) is 0 Å². The van der Waals surface area contributed by atoms with Crippen molar-refractivity contribution in [2.75, 3.05) is 6.61 Å². The van der Waals surface area contributed by atoms with E-state index in [-0.39, 0.29) is 10.8 Å². The second kappa shape index (κ2) is 12.3. The molecule has 1 amide bonds. The SMILES string of the molecule is CCCCOC(=O)NS(=O)(=O)c1sc(CCC)cc1-c1ccc(Cn2c(CC)nc3c(C)cc(C)nc32)cc1. The zero-order valence-corrected chi connectivity index (χ0v) is 24.8. The molecule has 0 saturated heterocycles. The number of hydrogen-bond acceptors (Lipinski definition) is 7. The summed E-state index contributed by atoms with van der Waals surface area (Å²) >= 11 is 1.19. The molecule has 0 spiro atoms. The fourth-order valence-corrected chi connectivity index (χ4v) is 7.28. The molecule has 208 valence electrons. The normalized spacial score (nSPS) is 11.7. The van der Waals surface area contributed by atoms with Gasteiger partial charge in [0.1, 0.15) is 15.6 Å². The quantitative estimate of drug-likeness (QED) is 0.206. The number of thiophene rings is 1. The first kappa shape index (κ1) is 28.8. The number of nitrogens with one attached hydrogen (secondary N) is 1. The molecule has 39 heavy (non-hydrogen) atoms. The topological polar surface area (TPSA) is 103 Å². The fourth-order valence-electron chi connectivity index (χ4n) is 4.55. The Hall–Kier alpha value is -3.24. The van der Waals surface area contributed by atoms with Crippen LogP contribution in [0.1, 0.15) is 67.6 Å². The highest BCUT2D eigenvalue weighted by Gasteiger charge is 2.26. The van der Waals surface area contributed by atoms with E-state index in [9.17, 15) is 13.2 Å². The molecular weight excluding hydrogens is 532 g/mol. The number of amides is 1. The molecule has 4 rings (SSSR count). The summed E-state index contributed by atoms with van der Waals surface area (Å²) in [5.41, 5.74) is 6.27. The zero-order valence-electron chi connectivity index (χ0n) is 23.2. The minimum atomic E-state index is -4.09. The molecule has 10 heteroatoms. The highest BCUT2D eigenvalue weighted by Crippen LogP contribution is 2.36. The fraction of sp³-hybridized carbons (Fsp3) is 0.414. The molecular formula is C29H36N4O4S2. The van der Waals surface area contributed by atoms with Crippen LogP contribution in [0.3, 0.4) is 0 Å². The van der Waals surface area contributed by atoms with Gasteiger partial charge < -0.3 is 9.30 Å². The van der Waals surface area contributed by atoms with E-state index in [0.717, 1.165) is 69.9 Å². The first-order valence-corrected chi connectivity index (χ1v) is 15.7. The number of pyridine rings is 1. The van der Waals surface area contributed by atoms with Crippen molar-refractivity contribution in [1.29, 1.82) is 0 Å². The number of aromatic nitrogens is 3. The maximum atomic E-state index is 13.2. The summed E-state index contributed by atoms with van der Waals surface area (Å²) in [6, 6.07) is 11.8. The maximum Gasteiger partial charge on any atom is 0.421 e. The minimum Gasteiger partial charge on any atom is -0.449 e. The van der Waals surface area contributed by atoms with Gasteiger partial charge in [0.2, 0.25) is 0 Å². The number of benzene rings is 1. The lowest BCUT2D eigenvalue weighted by Crippen LogP contribution is -2.31. The third-order valence-corrected chi connectivity index (χ3v) is 9.50. The smallest absolute Gasteiger partial charge is 0.421 e. The van der Waals surface area contributed by atoms with Crippen LogP contribution in [-0.4, -0.2) is 35.7 Å². The number of ether oxygens (including phenoxy) is 1. The van der Waals surface area contributed by atoms with Gasteiger partial charge >= 0.3 is 6.09 Å². The van der Waals surface area contributed by atoms with Gasteiger partial charge in [-0.15, -0.1) is 11.3 Å². The summed E-state index contributed by atoms with van der Waals surface area (Å²) < 4.78 is 35.8. The van der Waals surface area contributed by atoms with Crippen molar-refractivity contribution in [3.63, 3.8) is 0 Å². The van der Waals surface area contributed by atoms with E-state index in [2.05, 4.69) is 23.1 Å². The Labute approximate surface area is 234 Å². The van der Waals surface area contributed by atoms with E-state index in [1.54, 1.807) is 0 Å². The van der Waals surface area contributed by atoms with E-state index in [4.69, 9.17) is 14.7 Å². The summed E-state index contributed by atoms with van der Waals surface area (Å²) in [4.78, 5) is 22.7. The number of fused-ring (bicyclic) bond motifs is 1. The van der Waals surface area contributed by atoms with Gasteiger partial charge in [-0.1, -0.05) is 57.9 Å². The van der Waals surface area contributed by atoms with Crippen molar-refractivity contribution in [1.82, 2.24) is 19.3 Å². The number of unbranched alkanes of at least 4 members (excludes halogenated alkanes) is 1. The molecule has 0 atom stereocenters. The summed E-state index contributed by atoms with van der Waals surface area (Å²) in [5.74, 6) is 0.975. The van der Waals surface area contributed by atoms with Crippen LogP contribution in [0.4, 0.5) is 4.79 Å². The minimum absolute atomic E-state index is 0.121. The van der Waals surface area contributed by atoms with Crippen LogP contribution in [0.25, 0.3) is 22.3 Å². The average molecular weight is 569 g/mol. The summed E-state index contributed by atoms with van der Waals surface area (Å²) in [6.45, 7) is 10.9. The predicted molar refractivity (Wildman–Crippen MR) is 156 cm³/mol. The Kier molecular flexibility index (Phi) is 9.07. The lowest BCUT2D eigenvalue weighted by molar-refractivity contribution is 0.151. The summed E-state index contributed by atoms with van der Waals surface area (Å²) in [6.07, 6.45) is 3.00. The Balaban J connectivity index is 1.64. The monoisotopic (exact) mass is 568 g/mol. The Morgan fingerprint density at radius 2 is 1.79 bits per heavy atom. The van der Waals surface area contributed by atoms with Crippen LogP contribution < -0.4 is 4.72 Å². The third-order valence-electron chi connectivity index (χ3n) is 6.46. The number of rotatable bonds is 11. The van der Waals surface area contributed by atoms with Crippen LogP contribution in [0, 0.1) is 13.8 Å². The number of sulfonamides is 1. The molecule has 3 heterocycles. The largest absolute Gasteiger partial charge is 0.449 e. The van der Waals surface area contributed by atoms with Crippen molar-refractivity contribution in [2.24, 2.45) is 0 Å². The molecule has 0 bridgehead atoms. The van der Waals surface area contributed by atoms with Gasteiger partial charge in [-0.3, -0.25) is 0 Å². The lowest BCUT2D eigenvalue weighted by Gasteiger charge is -2.11. The molecule has 0 aliphatic heterocycles. The van der Waals surface area contributed by atoms with E-state index in [1.807, 2.05) is 57.2 Å². The van der Waals surface area contributed by atoms with Crippen molar-refractivity contribution in [2.45, 2.75) is 77.5 Å². The molecule has 3 aromatic heterocycles. The van der Waals surface area contributed by atoms with E-state index in [1.165, 1.54) is 11.3 Å². The predicted octanol–water partition coefficient (Wildman–Crippen LogP) is 6.55. The average Bonchev–Trinajstić information content (AvgIpc) is 3.47. The van der Waals surface area contributed by atoms with Crippen LogP contribution in [0.5, 0.6) is 0 Å². The molecule has 4 aromatic rings. The lowest BCUT2D eigenvalue weighted by atomic mass is 10.1. The molecule has 8 nitrogen and oxygen atoms in total.